The number of anilines is 1. The summed E-state index contributed by atoms with van der Waals surface area (Å²) < 4.78 is 7.53. The zero-order chi connectivity index (χ0) is 24.0. The average Bonchev–Trinajstić information content (AvgIpc) is 3.53. The number of thiazole rings is 1. The highest BCUT2D eigenvalue weighted by Gasteiger charge is 2.19. The van der Waals surface area contributed by atoms with Gasteiger partial charge >= 0.3 is 0 Å². The van der Waals surface area contributed by atoms with Crippen LogP contribution in [0.5, 0.6) is 0 Å². The maximum atomic E-state index is 12.9. The van der Waals surface area contributed by atoms with Gasteiger partial charge in [0.2, 0.25) is 0 Å². The predicted molar refractivity (Wildman–Crippen MR) is 141 cm³/mol. The molecule has 0 radical (unpaired) electrons. The van der Waals surface area contributed by atoms with E-state index in [1.165, 1.54) is 28.7 Å². The van der Waals surface area contributed by atoms with Crippen molar-refractivity contribution in [3.8, 4) is 11.3 Å². The first-order valence-electron chi connectivity index (χ1n) is 11.5. The first-order valence-corrected chi connectivity index (χ1v) is 12.3. The Bertz CT molecular complexity index is 1470. The number of nitrogens with zero attached hydrogens (tertiary/aromatic N) is 2. The Kier molecular flexibility index (Phi) is 6.73. The molecule has 5 nitrogen and oxygen atoms in total. The van der Waals surface area contributed by atoms with Crippen molar-refractivity contribution in [1.82, 2.24) is 4.57 Å². The van der Waals surface area contributed by atoms with Crippen LogP contribution in [-0.2, 0) is 13.0 Å². The van der Waals surface area contributed by atoms with Gasteiger partial charge in [-0.3, -0.25) is 4.79 Å². The highest BCUT2D eigenvalue weighted by Crippen LogP contribution is 2.32. The molecule has 0 aliphatic rings. The van der Waals surface area contributed by atoms with Crippen molar-refractivity contribution >= 4 is 27.9 Å². The Morgan fingerprint density at radius 2 is 1.63 bits per heavy atom. The number of amides is 1. The van der Waals surface area contributed by atoms with Gasteiger partial charge in [0.15, 0.2) is 10.6 Å². The number of aromatic nitrogens is 1. The lowest BCUT2D eigenvalue weighted by atomic mass is 10.1. The Labute approximate surface area is 208 Å². The number of furan rings is 1. The second kappa shape index (κ2) is 10.4. The van der Waals surface area contributed by atoms with Gasteiger partial charge in [0.25, 0.3) is 5.91 Å². The number of carbonyl (C=O) groups is 1. The molecule has 0 saturated carbocycles. The summed E-state index contributed by atoms with van der Waals surface area (Å²) in [6.45, 7) is 2.78. The topological polar surface area (TPSA) is 59.5 Å². The zero-order valence-electron chi connectivity index (χ0n) is 19.3. The molecule has 0 spiro atoms. The molecule has 2 aromatic heterocycles. The molecule has 1 N–H and O–H groups in total. The second-order valence-electron chi connectivity index (χ2n) is 8.19. The van der Waals surface area contributed by atoms with Crippen LogP contribution in [-0.4, -0.2) is 10.5 Å². The summed E-state index contributed by atoms with van der Waals surface area (Å²) in [5, 5.41) is 3.81. The van der Waals surface area contributed by atoms with E-state index in [9.17, 15) is 4.79 Å². The van der Waals surface area contributed by atoms with E-state index in [0.717, 1.165) is 33.2 Å². The molecule has 0 atom stereocenters. The number of nitrogens with one attached hydrogen (secondary N) is 1. The fourth-order valence-corrected chi connectivity index (χ4v) is 4.95. The Morgan fingerprint density at radius 1 is 0.914 bits per heavy atom. The normalized spacial score (nSPS) is 11.5. The van der Waals surface area contributed by atoms with Gasteiger partial charge < -0.3 is 14.3 Å². The summed E-state index contributed by atoms with van der Waals surface area (Å²) in [5.74, 6) is -0.0169. The fourth-order valence-electron chi connectivity index (χ4n) is 3.86. The Morgan fingerprint density at radius 3 is 2.31 bits per heavy atom. The van der Waals surface area contributed by atoms with E-state index in [1.807, 2.05) is 36.4 Å². The number of rotatable bonds is 7. The molecule has 3 aromatic carbocycles. The average molecular weight is 480 g/mol. The predicted octanol–water partition coefficient (Wildman–Crippen LogP) is 6.85. The van der Waals surface area contributed by atoms with Gasteiger partial charge in [0.05, 0.1) is 17.6 Å². The second-order valence-corrected chi connectivity index (χ2v) is 9.17. The maximum Gasteiger partial charge on any atom is 0.292 e. The van der Waals surface area contributed by atoms with Crippen molar-refractivity contribution in [3.63, 3.8) is 0 Å². The molecule has 0 aliphatic heterocycles. The molecule has 0 unspecified atom stereocenters. The van der Waals surface area contributed by atoms with E-state index in [1.54, 1.807) is 12.1 Å². The minimum absolute atomic E-state index is 0.269. The van der Waals surface area contributed by atoms with Crippen LogP contribution in [0.2, 0.25) is 0 Å². The van der Waals surface area contributed by atoms with E-state index in [-0.39, 0.29) is 11.7 Å². The van der Waals surface area contributed by atoms with Crippen LogP contribution >= 0.6 is 11.3 Å². The molecule has 1 amide bonds. The number of para-hydroxylation sites is 1. The van der Waals surface area contributed by atoms with Crippen molar-refractivity contribution in [2.24, 2.45) is 4.99 Å². The summed E-state index contributed by atoms with van der Waals surface area (Å²) in [7, 11) is 0. The third kappa shape index (κ3) is 5.34. The van der Waals surface area contributed by atoms with Crippen LogP contribution in [0, 0.1) is 6.92 Å². The monoisotopic (exact) mass is 479 g/mol. The molecule has 174 valence electrons. The van der Waals surface area contributed by atoms with Gasteiger partial charge in [-0.15, -0.1) is 0 Å². The van der Waals surface area contributed by atoms with Crippen LogP contribution < -0.4 is 10.1 Å². The van der Waals surface area contributed by atoms with Crippen LogP contribution in [0.25, 0.3) is 11.3 Å². The third-order valence-corrected chi connectivity index (χ3v) is 6.65. The number of hydrogen-bond donors (Lipinski definition) is 1. The fraction of sp³-hybridized carbons (Fsp3) is 0.103. The van der Waals surface area contributed by atoms with Gasteiger partial charge in [-0.2, -0.15) is 0 Å². The molecular formula is C29H25N3O2S. The number of aryl methyl sites for hydroxylation is 2. The number of carbonyl (C=O) groups excluding carboxylic acids is 1. The van der Waals surface area contributed by atoms with Crippen molar-refractivity contribution in [2.75, 3.05) is 5.32 Å². The van der Waals surface area contributed by atoms with Crippen molar-refractivity contribution in [2.45, 2.75) is 19.9 Å². The highest BCUT2D eigenvalue weighted by atomic mass is 32.1. The van der Waals surface area contributed by atoms with Gasteiger partial charge in [0, 0.05) is 12.1 Å². The van der Waals surface area contributed by atoms with Crippen LogP contribution in [0.3, 0.4) is 0 Å². The number of benzene rings is 3. The van der Waals surface area contributed by atoms with Gasteiger partial charge in [-0.05, 0) is 43.2 Å². The first-order chi connectivity index (χ1) is 17.2. The first kappa shape index (κ1) is 22.6. The molecule has 35 heavy (non-hydrogen) atoms. The van der Waals surface area contributed by atoms with E-state index >= 15 is 0 Å². The number of hydrogen-bond acceptors (Lipinski definition) is 4. The summed E-state index contributed by atoms with van der Waals surface area (Å²) in [4.78, 5) is 18.7. The lowest BCUT2D eigenvalue weighted by Crippen LogP contribution is -2.17. The SMILES string of the molecule is Cc1ccc(-c2c(NC(=O)c3ccco3)sc(=Nc3ccccc3)n2CCc2ccccc2)cc1. The Balaban J connectivity index is 1.65. The maximum absolute atomic E-state index is 12.9. The zero-order valence-corrected chi connectivity index (χ0v) is 20.2. The molecule has 6 heteroatoms. The highest BCUT2D eigenvalue weighted by molar-refractivity contribution is 7.14. The van der Waals surface area contributed by atoms with E-state index < -0.39 is 0 Å². The van der Waals surface area contributed by atoms with Crippen molar-refractivity contribution in [3.05, 3.63) is 125 Å². The van der Waals surface area contributed by atoms with Crippen LogP contribution in [0.4, 0.5) is 10.7 Å². The molecule has 0 aliphatic carbocycles. The van der Waals surface area contributed by atoms with E-state index in [4.69, 9.17) is 9.41 Å². The molecule has 5 aromatic rings. The third-order valence-electron chi connectivity index (χ3n) is 5.65. The van der Waals surface area contributed by atoms with Crippen LogP contribution in [0.15, 0.2) is 113 Å². The quantitative estimate of drug-likeness (QED) is 0.278. The van der Waals surface area contributed by atoms with Gasteiger partial charge in [-0.25, -0.2) is 4.99 Å². The molecular weight excluding hydrogens is 454 g/mol. The van der Waals surface area contributed by atoms with Gasteiger partial charge in [0.1, 0.15) is 5.00 Å². The van der Waals surface area contributed by atoms with Gasteiger partial charge in [-0.1, -0.05) is 89.7 Å². The van der Waals surface area contributed by atoms with Crippen molar-refractivity contribution in [1.29, 1.82) is 0 Å². The lowest BCUT2D eigenvalue weighted by Gasteiger charge is -2.12. The summed E-state index contributed by atoms with van der Waals surface area (Å²) in [5.41, 5.74) is 5.23. The lowest BCUT2D eigenvalue weighted by molar-refractivity contribution is 0.0997. The minimum atomic E-state index is -0.286. The standard InChI is InChI=1S/C29H25N3O2S/c1-21-14-16-23(17-15-21)26-28(31-27(33)25-13-8-20-34-25)35-29(30-24-11-6-3-7-12-24)32(26)19-18-22-9-4-2-5-10-22/h2-17,20H,18-19H2,1H3,(H,31,33). The largest absolute Gasteiger partial charge is 0.459 e. The summed E-state index contributed by atoms with van der Waals surface area (Å²) >= 11 is 1.46. The van der Waals surface area contributed by atoms with Crippen LogP contribution in [0.1, 0.15) is 21.7 Å². The molecule has 0 fully saturated rings. The molecule has 0 saturated heterocycles. The summed E-state index contributed by atoms with van der Waals surface area (Å²) in [6, 6.07) is 32.0. The summed E-state index contributed by atoms with van der Waals surface area (Å²) in [6.07, 6.45) is 2.34. The smallest absolute Gasteiger partial charge is 0.292 e. The Hall–Kier alpha value is -4.16. The minimum Gasteiger partial charge on any atom is -0.459 e. The van der Waals surface area contributed by atoms with Crippen molar-refractivity contribution < 1.29 is 9.21 Å². The molecule has 2 heterocycles. The van der Waals surface area contributed by atoms with E-state index in [2.05, 4.69) is 65.3 Å². The molecule has 0 bridgehead atoms. The molecule has 5 rings (SSSR count). The van der Waals surface area contributed by atoms with E-state index in [0.29, 0.717) is 6.54 Å².